The highest BCUT2D eigenvalue weighted by Gasteiger charge is 2.40. The summed E-state index contributed by atoms with van der Waals surface area (Å²) in [7, 11) is 1.32. The minimum atomic E-state index is -1.12. The van der Waals surface area contributed by atoms with Gasteiger partial charge in [0.1, 0.15) is 24.2 Å². The monoisotopic (exact) mass is 530 g/mol. The summed E-state index contributed by atoms with van der Waals surface area (Å²) in [5.74, 6) is -4.23. The van der Waals surface area contributed by atoms with Gasteiger partial charge < -0.3 is 14.8 Å². The van der Waals surface area contributed by atoms with Crippen molar-refractivity contribution in [3.05, 3.63) is 99.8 Å². The van der Waals surface area contributed by atoms with Crippen molar-refractivity contribution in [1.82, 2.24) is 5.32 Å². The summed E-state index contributed by atoms with van der Waals surface area (Å²) >= 11 is 6.07. The van der Waals surface area contributed by atoms with E-state index in [2.05, 4.69) is 10.3 Å². The summed E-state index contributed by atoms with van der Waals surface area (Å²) in [5, 5.41) is 3.14. The molecule has 6 nitrogen and oxygen atoms in total. The molecule has 0 saturated carbocycles. The number of rotatable bonds is 8. The third-order valence-corrected chi connectivity index (χ3v) is 6.10. The fraction of sp³-hybridized carbons (Fsp3) is 0.222. The maximum absolute atomic E-state index is 14.5. The predicted octanol–water partition coefficient (Wildman–Crippen LogP) is 5.96. The molecule has 192 valence electrons. The highest BCUT2D eigenvalue weighted by atomic mass is 35.5. The molecule has 2 amide bonds. The van der Waals surface area contributed by atoms with Gasteiger partial charge in [-0.15, -0.1) is 0 Å². The van der Waals surface area contributed by atoms with Gasteiger partial charge in [-0.25, -0.2) is 23.0 Å². The van der Waals surface area contributed by atoms with E-state index in [4.69, 9.17) is 21.1 Å². The molecule has 2 unspecified atom stereocenters. The first-order chi connectivity index (χ1) is 17.7. The molecule has 0 aliphatic carbocycles. The van der Waals surface area contributed by atoms with Crippen LogP contribution in [0.2, 0.25) is 5.02 Å². The summed E-state index contributed by atoms with van der Waals surface area (Å²) < 4.78 is 52.0. The van der Waals surface area contributed by atoms with Gasteiger partial charge >= 0.3 is 12.0 Å². The molecule has 0 bridgehead atoms. The zero-order chi connectivity index (χ0) is 26.5. The Hall–Kier alpha value is -3.85. The number of aliphatic imine (C=N–C) groups is 1. The van der Waals surface area contributed by atoms with E-state index in [1.165, 1.54) is 19.2 Å². The van der Waals surface area contributed by atoms with Crippen molar-refractivity contribution in [2.75, 3.05) is 7.11 Å². The van der Waals surface area contributed by atoms with Crippen LogP contribution in [0.4, 0.5) is 18.0 Å². The highest BCUT2D eigenvalue weighted by Crippen LogP contribution is 2.32. The lowest BCUT2D eigenvalue weighted by Crippen LogP contribution is -2.45. The van der Waals surface area contributed by atoms with Crippen molar-refractivity contribution < 1.29 is 32.2 Å². The number of carbonyl (C=O) groups is 2. The Kier molecular flexibility index (Phi) is 8.13. The number of methoxy groups -OCH3 is 1. The van der Waals surface area contributed by atoms with Crippen molar-refractivity contribution in [2.24, 2.45) is 10.9 Å². The van der Waals surface area contributed by atoms with Crippen LogP contribution in [0.15, 0.2) is 65.7 Å². The molecule has 0 radical (unpaired) electrons. The largest absolute Gasteiger partial charge is 0.494 e. The van der Waals surface area contributed by atoms with E-state index in [0.29, 0.717) is 23.1 Å². The van der Waals surface area contributed by atoms with Gasteiger partial charge in [0.05, 0.1) is 13.2 Å². The van der Waals surface area contributed by atoms with Gasteiger partial charge in [0.2, 0.25) is 0 Å². The number of ether oxygens (including phenoxy) is 2. The number of esters is 1. The van der Waals surface area contributed by atoms with Gasteiger partial charge in [-0.05, 0) is 65.9 Å². The molecule has 1 N–H and O–H groups in total. The molecule has 0 saturated heterocycles. The van der Waals surface area contributed by atoms with Crippen LogP contribution in [-0.2, 0) is 22.6 Å². The topological polar surface area (TPSA) is 77.0 Å². The number of amides is 2. The van der Waals surface area contributed by atoms with Crippen molar-refractivity contribution in [2.45, 2.75) is 25.5 Å². The number of hydrogen-bond donors (Lipinski definition) is 1. The van der Waals surface area contributed by atoms with Crippen LogP contribution in [-0.4, -0.2) is 24.8 Å². The van der Waals surface area contributed by atoms with Crippen molar-refractivity contribution in [1.29, 1.82) is 0 Å². The normalized spacial score (nSPS) is 17.1. The quantitative estimate of drug-likeness (QED) is 0.364. The van der Waals surface area contributed by atoms with Crippen LogP contribution < -0.4 is 10.1 Å². The summed E-state index contributed by atoms with van der Waals surface area (Å²) in [6.45, 7) is -0.413. The molecule has 0 fully saturated rings. The van der Waals surface area contributed by atoms with E-state index < -0.39 is 48.0 Å². The standard InChI is InChI=1S/C27H22ClF3N2O4/c1-36-23-8-6-17(12-21(23)31)25-24(26(34)37-14-16-10-19(29)13-20(30)11-16)22(32-27(35)33-25)7-5-15-3-2-4-18(28)9-15/h2-4,6,8-13,24-25H,5,7,14H2,1H3,(H,33,35). The first kappa shape index (κ1) is 26.2. The van der Waals surface area contributed by atoms with Crippen molar-refractivity contribution >= 4 is 29.3 Å². The van der Waals surface area contributed by atoms with Gasteiger partial charge in [0.15, 0.2) is 11.6 Å². The number of benzene rings is 3. The number of nitrogens with one attached hydrogen (secondary N) is 1. The fourth-order valence-electron chi connectivity index (χ4n) is 4.18. The van der Waals surface area contributed by atoms with Gasteiger partial charge in [0, 0.05) is 16.8 Å². The molecule has 0 spiro atoms. The van der Waals surface area contributed by atoms with Crippen LogP contribution in [0.5, 0.6) is 5.75 Å². The summed E-state index contributed by atoms with van der Waals surface area (Å²) in [6, 6.07) is 12.3. The lowest BCUT2D eigenvalue weighted by molar-refractivity contribution is -0.148. The maximum atomic E-state index is 14.5. The molecule has 1 heterocycles. The van der Waals surface area contributed by atoms with Crippen molar-refractivity contribution in [3.63, 3.8) is 0 Å². The predicted molar refractivity (Wildman–Crippen MR) is 131 cm³/mol. The molecule has 1 aliphatic rings. The molecular weight excluding hydrogens is 509 g/mol. The zero-order valence-corrected chi connectivity index (χ0v) is 20.4. The molecule has 3 aromatic carbocycles. The minimum Gasteiger partial charge on any atom is -0.494 e. The number of nitrogens with zero attached hydrogens (tertiary/aromatic N) is 1. The summed E-state index contributed by atoms with van der Waals surface area (Å²) in [5.41, 5.74) is 1.48. The molecule has 1 aliphatic heterocycles. The molecular formula is C27H22ClF3N2O4. The van der Waals surface area contributed by atoms with Crippen LogP contribution in [0.3, 0.4) is 0 Å². The lowest BCUT2D eigenvalue weighted by atomic mass is 9.85. The van der Waals surface area contributed by atoms with Crippen LogP contribution in [0, 0.1) is 23.4 Å². The Morgan fingerprint density at radius 1 is 1.00 bits per heavy atom. The summed E-state index contributed by atoms with van der Waals surface area (Å²) in [6.07, 6.45) is 0.618. The van der Waals surface area contributed by atoms with Crippen LogP contribution in [0.25, 0.3) is 0 Å². The third-order valence-electron chi connectivity index (χ3n) is 5.87. The Bertz CT molecular complexity index is 1340. The second-order valence-corrected chi connectivity index (χ2v) is 8.85. The van der Waals surface area contributed by atoms with E-state index >= 15 is 0 Å². The third kappa shape index (κ3) is 6.48. The van der Waals surface area contributed by atoms with E-state index in [1.807, 2.05) is 6.07 Å². The number of carbonyl (C=O) groups excluding carboxylic acids is 2. The van der Waals surface area contributed by atoms with Gasteiger partial charge in [0.25, 0.3) is 0 Å². The molecule has 0 aromatic heterocycles. The highest BCUT2D eigenvalue weighted by molar-refractivity contribution is 6.30. The first-order valence-corrected chi connectivity index (χ1v) is 11.7. The molecule has 2 atom stereocenters. The summed E-state index contributed by atoms with van der Waals surface area (Å²) in [4.78, 5) is 29.8. The molecule has 10 heteroatoms. The lowest BCUT2D eigenvalue weighted by Gasteiger charge is -2.31. The number of urea groups is 1. The average Bonchev–Trinajstić information content (AvgIpc) is 2.85. The second-order valence-electron chi connectivity index (χ2n) is 8.42. The molecule has 37 heavy (non-hydrogen) atoms. The van der Waals surface area contributed by atoms with Gasteiger partial charge in [-0.2, -0.15) is 0 Å². The van der Waals surface area contributed by atoms with E-state index in [1.54, 1.807) is 18.2 Å². The van der Waals surface area contributed by atoms with Gasteiger partial charge in [-0.3, -0.25) is 4.79 Å². The Morgan fingerprint density at radius 3 is 2.43 bits per heavy atom. The van der Waals surface area contributed by atoms with Crippen LogP contribution in [0.1, 0.15) is 29.2 Å². The fourth-order valence-corrected chi connectivity index (χ4v) is 4.39. The molecule has 3 aromatic rings. The first-order valence-electron chi connectivity index (χ1n) is 11.3. The number of hydrogen-bond acceptors (Lipinski definition) is 4. The van der Waals surface area contributed by atoms with E-state index in [-0.39, 0.29) is 23.4 Å². The smallest absolute Gasteiger partial charge is 0.341 e. The Balaban J connectivity index is 1.64. The second kappa shape index (κ2) is 11.5. The zero-order valence-electron chi connectivity index (χ0n) is 19.6. The van der Waals surface area contributed by atoms with Crippen LogP contribution >= 0.6 is 11.6 Å². The maximum Gasteiger partial charge on any atom is 0.341 e. The average molecular weight is 531 g/mol. The van der Waals surface area contributed by atoms with Gasteiger partial charge in [-0.1, -0.05) is 29.8 Å². The van der Waals surface area contributed by atoms with E-state index in [0.717, 1.165) is 23.8 Å². The van der Waals surface area contributed by atoms with E-state index in [9.17, 15) is 22.8 Å². The Labute approximate surface area is 216 Å². The minimum absolute atomic E-state index is 0.00649. The Morgan fingerprint density at radius 2 is 1.76 bits per heavy atom. The molecule has 4 rings (SSSR count). The number of halogens is 4. The SMILES string of the molecule is COc1ccc(C2NC(=O)N=C(CCc3cccc(Cl)c3)C2C(=O)OCc2cc(F)cc(F)c2)cc1F. The van der Waals surface area contributed by atoms with Crippen molar-refractivity contribution in [3.8, 4) is 5.75 Å². The number of aryl methyl sites for hydroxylation is 1.